The predicted octanol–water partition coefficient (Wildman–Crippen LogP) is 4.88. The van der Waals surface area contributed by atoms with Gasteiger partial charge in [0, 0.05) is 51.4 Å². The molecule has 1 amide bonds. The van der Waals surface area contributed by atoms with E-state index in [0.29, 0.717) is 11.1 Å². The molecule has 1 aliphatic heterocycles. The molecule has 5 rings (SSSR count). The summed E-state index contributed by atoms with van der Waals surface area (Å²) in [6.07, 6.45) is 6.81. The van der Waals surface area contributed by atoms with Gasteiger partial charge in [-0.25, -0.2) is 0 Å². The van der Waals surface area contributed by atoms with Crippen molar-refractivity contribution in [2.45, 2.75) is 25.8 Å². The molecule has 3 aromatic rings. The summed E-state index contributed by atoms with van der Waals surface area (Å²) in [7, 11) is 0. The third-order valence-corrected chi connectivity index (χ3v) is 6.59. The molecule has 1 fully saturated rings. The Morgan fingerprint density at radius 3 is 2.32 bits per heavy atom. The van der Waals surface area contributed by atoms with Crippen LogP contribution in [0.3, 0.4) is 0 Å². The average Bonchev–Trinajstić information content (AvgIpc) is 3.24. The monoisotopic (exact) mass is 476 g/mol. The highest BCUT2D eigenvalue weighted by molar-refractivity contribution is 9.10. The van der Waals surface area contributed by atoms with Crippen molar-refractivity contribution in [2.24, 2.45) is 0 Å². The molecule has 2 aromatic carbocycles. The molecule has 1 saturated heterocycles. The zero-order valence-electron chi connectivity index (χ0n) is 16.9. The molecule has 2 heterocycles. The number of allylic oxidation sites excluding steroid dienone is 1. The Hall–Kier alpha value is -2.99. The minimum Gasteiger partial charge on any atom is -0.341 e. The topological polar surface area (TPSA) is 59.4 Å². The van der Waals surface area contributed by atoms with Gasteiger partial charge in [0.1, 0.15) is 6.54 Å². The van der Waals surface area contributed by atoms with Crippen LogP contribution in [0.1, 0.15) is 45.5 Å². The number of carbonyl (C=O) groups excluding carboxylic acids is 3. The largest absolute Gasteiger partial charge is 0.341 e. The van der Waals surface area contributed by atoms with E-state index in [1.807, 2.05) is 33.9 Å². The minimum absolute atomic E-state index is 0.0964. The molecule has 0 bridgehead atoms. The maximum atomic E-state index is 12.9. The van der Waals surface area contributed by atoms with Crippen molar-refractivity contribution in [3.05, 3.63) is 75.4 Å². The van der Waals surface area contributed by atoms with Crippen molar-refractivity contribution in [3.8, 4) is 0 Å². The number of aromatic nitrogens is 1. The van der Waals surface area contributed by atoms with Crippen molar-refractivity contribution in [1.29, 1.82) is 0 Å². The molecular formula is C25H21BrN2O3. The van der Waals surface area contributed by atoms with Crippen LogP contribution < -0.4 is 0 Å². The van der Waals surface area contributed by atoms with Gasteiger partial charge in [-0.15, -0.1) is 0 Å². The van der Waals surface area contributed by atoms with Crippen LogP contribution in [0.5, 0.6) is 0 Å². The Kier molecular flexibility index (Phi) is 5.10. The number of hydrogen-bond donors (Lipinski definition) is 0. The lowest BCUT2D eigenvalue weighted by Gasteiger charge is -2.27. The fourth-order valence-corrected chi connectivity index (χ4v) is 4.85. The van der Waals surface area contributed by atoms with Gasteiger partial charge in [-0.05, 0) is 43.5 Å². The van der Waals surface area contributed by atoms with Gasteiger partial charge < -0.3 is 9.47 Å². The lowest BCUT2D eigenvalue weighted by Crippen LogP contribution is -2.37. The maximum absolute atomic E-state index is 12.9. The number of fused-ring (bicyclic) bond motifs is 2. The fourth-order valence-electron chi connectivity index (χ4n) is 4.49. The Labute approximate surface area is 188 Å². The Morgan fingerprint density at radius 2 is 1.65 bits per heavy atom. The summed E-state index contributed by atoms with van der Waals surface area (Å²) in [6, 6.07) is 12.8. The SMILES string of the molecule is O=C1C(=Cc2cn(CC(=O)N3CCCCC3)c3ccc(Br)cc23)C(=O)c2ccccc21. The average molecular weight is 477 g/mol. The highest BCUT2D eigenvalue weighted by Gasteiger charge is 2.32. The highest BCUT2D eigenvalue weighted by Crippen LogP contribution is 2.31. The molecule has 0 N–H and O–H groups in total. The van der Waals surface area contributed by atoms with Crippen LogP contribution in [0.4, 0.5) is 0 Å². The van der Waals surface area contributed by atoms with E-state index in [1.165, 1.54) is 6.42 Å². The molecule has 0 unspecified atom stereocenters. The molecule has 31 heavy (non-hydrogen) atoms. The lowest BCUT2D eigenvalue weighted by molar-refractivity contribution is -0.132. The number of nitrogens with zero attached hydrogens (tertiary/aromatic N) is 2. The van der Waals surface area contributed by atoms with Crippen LogP contribution in [0, 0.1) is 0 Å². The second kappa shape index (κ2) is 7.93. The molecule has 5 nitrogen and oxygen atoms in total. The number of rotatable bonds is 3. The first kappa shape index (κ1) is 19.9. The summed E-state index contributed by atoms with van der Waals surface area (Å²) in [5.41, 5.74) is 2.72. The van der Waals surface area contributed by atoms with Gasteiger partial charge in [-0.3, -0.25) is 14.4 Å². The van der Waals surface area contributed by atoms with E-state index >= 15 is 0 Å². The third-order valence-electron chi connectivity index (χ3n) is 6.09. The van der Waals surface area contributed by atoms with Crippen LogP contribution in [-0.2, 0) is 11.3 Å². The van der Waals surface area contributed by atoms with Gasteiger partial charge >= 0.3 is 0 Å². The quantitative estimate of drug-likeness (QED) is 0.399. The number of carbonyl (C=O) groups is 3. The molecule has 0 atom stereocenters. The van der Waals surface area contributed by atoms with E-state index in [0.717, 1.165) is 46.9 Å². The van der Waals surface area contributed by atoms with Gasteiger partial charge in [0.2, 0.25) is 5.91 Å². The minimum atomic E-state index is -0.249. The molecule has 6 heteroatoms. The van der Waals surface area contributed by atoms with Crippen LogP contribution in [0.2, 0.25) is 0 Å². The number of likely N-dealkylation sites (tertiary alicyclic amines) is 1. The van der Waals surface area contributed by atoms with E-state index in [-0.39, 0.29) is 29.6 Å². The summed E-state index contributed by atoms with van der Waals surface area (Å²) in [4.78, 5) is 40.5. The Bertz CT molecular complexity index is 1230. The van der Waals surface area contributed by atoms with Crippen molar-refractivity contribution < 1.29 is 14.4 Å². The first-order chi connectivity index (χ1) is 15.0. The maximum Gasteiger partial charge on any atom is 0.242 e. The number of halogens is 1. The molecule has 1 aromatic heterocycles. The van der Waals surface area contributed by atoms with Crippen molar-refractivity contribution >= 4 is 50.4 Å². The number of benzene rings is 2. The van der Waals surface area contributed by atoms with Crippen LogP contribution >= 0.6 is 15.9 Å². The first-order valence-corrected chi connectivity index (χ1v) is 11.3. The summed E-state index contributed by atoms with van der Waals surface area (Å²) in [5, 5.41) is 0.893. The van der Waals surface area contributed by atoms with E-state index < -0.39 is 0 Å². The smallest absolute Gasteiger partial charge is 0.242 e. The lowest BCUT2D eigenvalue weighted by atomic mass is 10.1. The number of Topliss-reactive ketones (excluding diaryl/α,β-unsaturated/α-hetero) is 2. The van der Waals surface area contributed by atoms with Gasteiger partial charge in [0.25, 0.3) is 0 Å². The second-order valence-electron chi connectivity index (χ2n) is 8.08. The number of ketones is 2. The van der Waals surface area contributed by atoms with E-state index in [1.54, 1.807) is 30.3 Å². The second-order valence-corrected chi connectivity index (χ2v) is 8.99. The van der Waals surface area contributed by atoms with Crippen LogP contribution in [0.15, 0.2) is 58.7 Å². The van der Waals surface area contributed by atoms with E-state index in [2.05, 4.69) is 15.9 Å². The molecule has 1 aliphatic carbocycles. The van der Waals surface area contributed by atoms with E-state index in [9.17, 15) is 14.4 Å². The zero-order valence-corrected chi connectivity index (χ0v) is 18.5. The van der Waals surface area contributed by atoms with Gasteiger partial charge in [0.15, 0.2) is 11.6 Å². The molecule has 0 saturated carbocycles. The molecule has 0 radical (unpaired) electrons. The number of hydrogen-bond acceptors (Lipinski definition) is 3. The van der Waals surface area contributed by atoms with Crippen molar-refractivity contribution in [3.63, 3.8) is 0 Å². The molecule has 156 valence electrons. The Balaban J connectivity index is 1.55. The van der Waals surface area contributed by atoms with Gasteiger partial charge in [-0.2, -0.15) is 0 Å². The van der Waals surface area contributed by atoms with Gasteiger partial charge in [0.05, 0.1) is 5.57 Å². The zero-order chi connectivity index (χ0) is 21.5. The summed E-state index contributed by atoms with van der Waals surface area (Å²) in [6.45, 7) is 1.85. The summed E-state index contributed by atoms with van der Waals surface area (Å²) >= 11 is 3.51. The summed E-state index contributed by atoms with van der Waals surface area (Å²) < 4.78 is 2.81. The van der Waals surface area contributed by atoms with Gasteiger partial charge in [-0.1, -0.05) is 40.2 Å². The molecule has 2 aliphatic rings. The standard InChI is InChI=1S/C25H21BrN2O3/c26-17-8-9-22-20(13-17)16(14-28(22)15-23(29)27-10-4-1-5-11-27)12-21-24(30)18-6-2-3-7-19(18)25(21)31/h2-3,6-9,12-14H,1,4-5,10-11,15H2. The van der Waals surface area contributed by atoms with Crippen LogP contribution in [0.25, 0.3) is 17.0 Å². The number of amides is 1. The normalized spacial score (nSPS) is 16.2. The number of piperidine rings is 1. The Morgan fingerprint density at radius 1 is 0.968 bits per heavy atom. The third kappa shape index (κ3) is 3.55. The summed E-state index contributed by atoms with van der Waals surface area (Å²) in [5.74, 6) is -0.402. The van der Waals surface area contributed by atoms with Crippen molar-refractivity contribution in [1.82, 2.24) is 9.47 Å². The molecule has 0 spiro atoms. The van der Waals surface area contributed by atoms with E-state index in [4.69, 9.17) is 0 Å². The molecular weight excluding hydrogens is 456 g/mol. The predicted molar refractivity (Wildman–Crippen MR) is 123 cm³/mol. The van der Waals surface area contributed by atoms with Crippen molar-refractivity contribution in [2.75, 3.05) is 13.1 Å². The first-order valence-electron chi connectivity index (χ1n) is 10.5. The fraction of sp³-hybridized carbons (Fsp3) is 0.240. The highest BCUT2D eigenvalue weighted by atomic mass is 79.9. The van der Waals surface area contributed by atoms with Crippen LogP contribution in [-0.4, -0.2) is 40.0 Å².